The maximum absolute atomic E-state index is 12.4. The molecule has 21 heavy (non-hydrogen) atoms. The summed E-state index contributed by atoms with van der Waals surface area (Å²) < 4.78 is 6.76. The molecule has 0 bridgehead atoms. The Balaban J connectivity index is 1.83. The van der Waals surface area contributed by atoms with Crippen molar-refractivity contribution in [2.75, 3.05) is 7.05 Å². The summed E-state index contributed by atoms with van der Waals surface area (Å²) >= 11 is 0. The van der Waals surface area contributed by atoms with Crippen LogP contribution in [0.4, 0.5) is 0 Å². The van der Waals surface area contributed by atoms with Crippen LogP contribution in [0.3, 0.4) is 0 Å². The van der Waals surface area contributed by atoms with Gasteiger partial charge in [0.15, 0.2) is 0 Å². The molecule has 7 heteroatoms. The minimum absolute atomic E-state index is 0.103. The number of fused-ring (bicyclic) bond motifs is 1. The summed E-state index contributed by atoms with van der Waals surface area (Å²) in [6.07, 6.45) is 5.14. The summed E-state index contributed by atoms with van der Waals surface area (Å²) in [6, 6.07) is 1.76. The van der Waals surface area contributed by atoms with Gasteiger partial charge in [-0.15, -0.1) is 0 Å². The zero-order valence-corrected chi connectivity index (χ0v) is 12.1. The Labute approximate surface area is 121 Å². The fourth-order valence-corrected chi connectivity index (χ4v) is 2.18. The monoisotopic (exact) mass is 285 g/mol. The molecule has 0 aliphatic heterocycles. The lowest BCUT2D eigenvalue weighted by Gasteiger charge is -2.15. The van der Waals surface area contributed by atoms with Crippen LogP contribution in [0.1, 0.15) is 21.6 Å². The van der Waals surface area contributed by atoms with E-state index >= 15 is 0 Å². The van der Waals surface area contributed by atoms with E-state index < -0.39 is 0 Å². The number of hydrogen-bond acceptors (Lipinski definition) is 5. The van der Waals surface area contributed by atoms with Gasteiger partial charge in [0.1, 0.15) is 0 Å². The number of carbonyl (C=O) groups is 1. The summed E-state index contributed by atoms with van der Waals surface area (Å²) in [5.74, 6) is -0.103. The standard InChI is InChI=1S/C14H15N5O2/c1-9-12-4-11(6-15-13(12)21-17-9)14(20)18(2)7-10-5-16-19(3)8-10/h4-6,8H,7H2,1-3H3. The van der Waals surface area contributed by atoms with Crippen LogP contribution >= 0.6 is 0 Å². The molecule has 0 N–H and O–H groups in total. The number of hydrogen-bond donors (Lipinski definition) is 0. The predicted molar refractivity (Wildman–Crippen MR) is 75.5 cm³/mol. The lowest BCUT2D eigenvalue weighted by molar-refractivity contribution is 0.0785. The molecule has 0 fully saturated rings. The van der Waals surface area contributed by atoms with Gasteiger partial charge in [-0.1, -0.05) is 5.16 Å². The van der Waals surface area contributed by atoms with E-state index in [1.807, 2.05) is 20.2 Å². The second kappa shape index (κ2) is 5.01. The fraction of sp³-hybridized carbons (Fsp3) is 0.286. The van der Waals surface area contributed by atoms with Gasteiger partial charge in [0.05, 0.1) is 22.8 Å². The summed E-state index contributed by atoms with van der Waals surface area (Å²) in [7, 11) is 3.60. The molecule has 7 nitrogen and oxygen atoms in total. The van der Waals surface area contributed by atoms with Crippen LogP contribution in [-0.4, -0.2) is 37.8 Å². The van der Waals surface area contributed by atoms with Crippen molar-refractivity contribution in [2.24, 2.45) is 7.05 Å². The average Bonchev–Trinajstić information content (AvgIpc) is 3.04. The average molecular weight is 285 g/mol. The van der Waals surface area contributed by atoms with Crippen molar-refractivity contribution in [1.29, 1.82) is 0 Å². The first-order valence-corrected chi connectivity index (χ1v) is 6.49. The number of pyridine rings is 1. The Morgan fingerprint density at radius 3 is 2.95 bits per heavy atom. The van der Waals surface area contributed by atoms with E-state index in [2.05, 4.69) is 15.2 Å². The van der Waals surface area contributed by atoms with Crippen molar-refractivity contribution in [2.45, 2.75) is 13.5 Å². The molecule has 0 saturated carbocycles. The predicted octanol–water partition coefficient (Wildman–Crippen LogP) is 1.54. The molecule has 0 aliphatic rings. The smallest absolute Gasteiger partial charge is 0.257 e. The number of carbonyl (C=O) groups excluding carboxylic acids is 1. The molecule has 0 atom stereocenters. The van der Waals surface area contributed by atoms with Crippen molar-refractivity contribution >= 4 is 17.0 Å². The van der Waals surface area contributed by atoms with Gasteiger partial charge in [-0.25, -0.2) is 4.98 Å². The second-order valence-electron chi connectivity index (χ2n) is 5.03. The minimum Gasteiger partial charge on any atom is -0.337 e. The van der Waals surface area contributed by atoms with Crippen LogP contribution in [0, 0.1) is 6.92 Å². The zero-order chi connectivity index (χ0) is 15.0. The van der Waals surface area contributed by atoms with Crippen LogP contribution in [-0.2, 0) is 13.6 Å². The van der Waals surface area contributed by atoms with Crippen LogP contribution in [0.15, 0.2) is 29.2 Å². The molecule has 0 aliphatic carbocycles. The van der Waals surface area contributed by atoms with Crippen LogP contribution in [0.25, 0.3) is 11.1 Å². The third-order valence-electron chi connectivity index (χ3n) is 3.28. The van der Waals surface area contributed by atoms with E-state index in [0.29, 0.717) is 17.8 Å². The highest BCUT2D eigenvalue weighted by molar-refractivity contribution is 5.96. The Morgan fingerprint density at radius 2 is 2.24 bits per heavy atom. The molecule has 3 heterocycles. The van der Waals surface area contributed by atoms with E-state index in [1.54, 1.807) is 28.9 Å². The maximum Gasteiger partial charge on any atom is 0.257 e. The van der Waals surface area contributed by atoms with E-state index in [9.17, 15) is 4.79 Å². The Hall–Kier alpha value is -2.70. The van der Waals surface area contributed by atoms with E-state index in [-0.39, 0.29) is 5.91 Å². The van der Waals surface area contributed by atoms with Gasteiger partial charge in [-0.2, -0.15) is 5.10 Å². The van der Waals surface area contributed by atoms with Crippen molar-refractivity contribution in [3.8, 4) is 0 Å². The molecule has 3 aromatic heterocycles. The summed E-state index contributed by atoms with van der Waals surface area (Å²) in [5.41, 5.74) is 2.66. The third-order valence-corrected chi connectivity index (χ3v) is 3.28. The van der Waals surface area contributed by atoms with E-state index in [0.717, 1.165) is 16.6 Å². The summed E-state index contributed by atoms with van der Waals surface area (Å²) in [5, 5.41) is 8.69. The minimum atomic E-state index is -0.103. The van der Waals surface area contributed by atoms with Gasteiger partial charge < -0.3 is 9.42 Å². The molecule has 108 valence electrons. The lowest BCUT2D eigenvalue weighted by atomic mass is 10.2. The molecule has 0 unspecified atom stereocenters. The lowest BCUT2D eigenvalue weighted by Crippen LogP contribution is -2.26. The van der Waals surface area contributed by atoms with Gasteiger partial charge in [0.25, 0.3) is 11.6 Å². The topological polar surface area (TPSA) is 77.1 Å². The number of rotatable bonds is 3. The van der Waals surface area contributed by atoms with Gasteiger partial charge in [0, 0.05) is 38.6 Å². The first kappa shape index (κ1) is 13.3. The largest absolute Gasteiger partial charge is 0.337 e. The molecule has 0 aromatic carbocycles. The van der Waals surface area contributed by atoms with Gasteiger partial charge in [-0.05, 0) is 13.0 Å². The SMILES string of the molecule is Cc1noc2ncc(C(=O)N(C)Cc3cnn(C)c3)cc12. The first-order chi connectivity index (χ1) is 10.0. The summed E-state index contributed by atoms with van der Waals surface area (Å²) in [6.45, 7) is 2.31. The molecular weight excluding hydrogens is 270 g/mol. The molecule has 0 saturated heterocycles. The van der Waals surface area contributed by atoms with Gasteiger partial charge >= 0.3 is 0 Å². The van der Waals surface area contributed by atoms with Crippen LogP contribution in [0.2, 0.25) is 0 Å². The maximum atomic E-state index is 12.4. The fourth-order valence-electron chi connectivity index (χ4n) is 2.18. The highest BCUT2D eigenvalue weighted by Crippen LogP contribution is 2.18. The Morgan fingerprint density at radius 1 is 1.43 bits per heavy atom. The highest BCUT2D eigenvalue weighted by Gasteiger charge is 2.15. The van der Waals surface area contributed by atoms with Crippen LogP contribution < -0.4 is 0 Å². The van der Waals surface area contributed by atoms with Crippen molar-refractivity contribution < 1.29 is 9.32 Å². The molecule has 0 spiro atoms. The quantitative estimate of drug-likeness (QED) is 0.729. The Kier molecular flexibility index (Phi) is 3.17. The molecule has 3 aromatic rings. The van der Waals surface area contributed by atoms with E-state index in [4.69, 9.17) is 4.52 Å². The number of nitrogens with zero attached hydrogens (tertiary/aromatic N) is 5. The Bertz CT molecular complexity index is 805. The molecule has 1 amide bonds. The van der Waals surface area contributed by atoms with Crippen molar-refractivity contribution in [3.05, 3.63) is 41.5 Å². The zero-order valence-electron chi connectivity index (χ0n) is 12.1. The highest BCUT2D eigenvalue weighted by atomic mass is 16.5. The third kappa shape index (κ3) is 2.49. The summed E-state index contributed by atoms with van der Waals surface area (Å²) in [4.78, 5) is 18.2. The number of amides is 1. The van der Waals surface area contributed by atoms with Crippen molar-refractivity contribution in [3.63, 3.8) is 0 Å². The molecule has 3 rings (SSSR count). The second-order valence-corrected chi connectivity index (χ2v) is 5.03. The molecule has 0 radical (unpaired) electrons. The number of aryl methyl sites for hydroxylation is 2. The molecular formula is C14H15N5O2. The van der Waals surface area contributed by atoms with E-state index in [1.165, 1.54) is 6.20 Å². The number of aromatic nitrogens is 4. The van der Waals surface area contributed by atoms with Gasteiger partial charge in [0.2, 0.25) is 0 Å². The normalized spacial score (nSPS) is 11.0. The van der Waals surface area contributed by atoms with Gasteiger partial charge in [-0.3, -0.25) is 9.48 Å². The van der Waals surface area contributed by atoms with Crippen LogP contribution in [0.5, 0.6) is 0 Å². The van der Waals surface area contributed by atoms with Crippen molar-refractivity contribution in [1.82, 2.24) is 24.8 Å². The first-order valence-electron chi connectivity index (χ1n) is 6.49.